The lowest BCUT2D eigenvalue weighted by Gasteiger charge is -2.20. The number of rotatable bonds is 7. The molecule has 1 aromatic rings. The number of carboxylic acid groups (broad SMARTS) is 1. The van der Waals surface area contributed by atoms with Gasteiger partial charge in [0, 0.05) is 18.8 Å². The van der Waals surface area contributed by atoms with Gasteiger partial charge in [0.25, 0.3) is 0 Å². The Hall–Kier alpha value is -2.29. The van der Waals surface area contributed by atoms with Gasteiger partial charge in [0.2, 0.25) is 15.9 Å². The van der Waals surface area contributed by atoms with Crippen molar-refractivity contribution in [3.63, 3.8) is 0 Å². The van der Waals surface area contributed by atoms with Gasteiger partial charge in [-0.2, -0.15) is 0 Å². The summed E-state index contributed by atoms with van der Waals surface area (Å²) in [6, 6.07) is 6.38. The van der Waals surface area contributed by atoms with E-state index in [-0.39, 0.29) is 19.2 Å². The molecule has 1 aliphatic rings. The zero-order valence-corrected chi connectivity index (χ0v) is 15.9. The van der Waals surface area contributed by atoms with Crippen molar-refractivity contribution in [1.82, 2.24) is 4.90 Å². The average Bonchev–Trinajstić information content (AvgIpc) is 2.92. The summed E-state index contributed by atoms with van der Waals surface area (Å²) in [6.45, 7) is 5.57. The molecule has 8 nitrogen and oxygen atoms in total. The Labute approximate surface area is 153 Å². The van der Waals surface area contributed by atoms with Crippen molar-refractivity contribution in [3.05, 3.63) is 24.3 Å². The molecular weight excluding hydrogens is 360 g/mol. The summed E-state index contributed by atoms with van der Waals surface area (Å²) in [6.07, 6.45) is 0.311. The summed E-state index contributed by atoms with van der Waals surface area (Å²) in [5.74, 6) is -1.71. The number of carbonyl (C=O) groups excluding carboxylic acids is 1. The number of aliphatic carboxylic acids is 1. The highest BCUT2D eigenvalue weighted by molar-refractivity contribution is 7.93. The van der Waals surface area contributed by atoms with Gasteiger partial charge in [-0.1, -0.05) is 0 Å². The SMILES string of the molecule is CC(C)Oc1ccc(NS(=O)(=O)CC(=O)N2CCC(C)(C(=O)O)C2)cc1. The minimum Gasteiger partial charge on any atom is -0.491 e. The van der Waals surface area contributed by atoms with E-state index in [9.17, 15) is 23.1 Å². The van der Waals surface area contributed by atoms with Gasteiger partial charge in [0.05, 0.1) is 11.5 Å². The topological polar surface area (TPSA) is 113 Å². The summed E-state index contributed by atoms with van der Waals surface area (Å²) >= 11 is 0. The van der Waals surface area contributed by atoms with Gasteiger partial charge < -0.3 is 14.7 Å². The fourth-order valence-electron chi connectivity index (χ4n) is 2.69. The molecule has 1 fully saturated rings. The van der Waals surface area contributed by atoms with Crippen molar-refractivity contribution in [1.29, 1.82) is 0 Å². The molecule has 1 atom stereocenters. The molecule has 2 N–H and O–H groups in total. The van der Waals surface area contributed by atoms with Gasteiger partial charge in [-0.15, -0.1) is 0 Å². The lowest BCUT2D eigenvalue weighted by Crippen LogP contribution is -2.38. The molecule has 0 bridgehead atoms. The predicted molar refractivity (Wildman–Crippen MR) is 96.6 cm³/mol. The number of hydrogen-bond donors (Lipinski definition) is 2. The van der Waals surface area contributed by atoms with Crippen LogP contribution in [0.1, 0.15) is 27.2 Å². The van der Waals surface area contributed by atoms with Crippen LogP contribution in [0.25, 0.3) is 0 Å². The van der Waals surface area contributed by atoms with Crippen LogP contribution in [0.4, 0.5) is 5.69 Å². The van der Waals surface area contributed by atoms with Gasteiger partial charge in [-0.05, 0) is 51.5 Å². The molecule has 0 spiro atoms. The number of nitrogens with zero attached hydrogens (tertiary/aromatic N) is 1. The molecule has 1 unspecified atom stereocenters. The van der Waals surface area contributed by atoms with E-state index in [4.69, 9.17) is 4.74 Å². The maximum absolute atomic E-state index is 12.2. The third-order valence-electron chi connectivity index (χ3n) is 4.16. The van der Waals surface area contributed by atoms with Crippen molar-refractivity contribution in [3.8, 4) is 5.75 Å². The number of nitrogens with one attached hydrogen (secondary N) is 1. The van der Waals surface area contributed by atoms with Crippen LogP contribution in [0, 0.1) is 5.41 Å². The van der Waals surface area contributed by atoms with Gasteiger partial charge in [-0.25, -0.2) is 8.42 Å². The molecule has 1 aliphatic heterocycles. The number of benzene rings is 1. The Kier molecular flexibility index (Phi) is 5.80. The van der Waals surface area contributed by atoms with Crippen molar-refractivity contribution in [2.45, 2.75) is 33.3 Å². The fourth-order valence-corrected chi connectivity index (χ4v) is 3.77. The molecule has 9 heteroatoms. The Balaban J connectivity index is 1.96. The number of anilines is 1. The highest BCUT2D eigenvalue weighted by Crippen LogP contribution is 2.30. The van der Waals surface area contributed by atoms with Crippen molar-refractivity contribution >= 4 is 27.6 Å². The quantitative estimate of drug-likeness (QED) is 0.737. The van der Waals surface area contributed by atoms with Gasteiger partial charge >= 0.3 is 5.97 Å². The molecule has 0 radical (unpaired) electrons. The van der Waals surface area contributed by atoms with E-state index in [0.717, 1.165) is 0 Å². The van der Waals surface area contributed by atoms with E-state index in [2.05, 4.69) is 4.72 Å². The van der Waals surface area contributed by atoms with Crippen molar-refractivity contribution in [2.75, 3.05) is 23.6 Å². The lowest BCUT2D eigenvalue weighted by molar-refractivity contribution is -0.147. The van der Waals surface area contributed by atoms with Crippen LogP contribution in [0.3, 0.4) is 0 Å². The normalized spacial score (nSPS) is 20.2. The minimum absolute atomic E-state index is 0.00659. The largest absolute Gasteiger partial charge is 0.491 e. The Bertz CT molecular complexity index is 775. The standard InChI is InChI=1S/C17H24N2O6S/c1-12(2)25-14-6-4-13(5-7-14)18-26(23,24)10-15(20)19-9-8-17(3,11-19)16(21)22/h4-7,12,18H,8-11H2,1-3H3,(H,21,22). The third-order valence-corrected chi connectivity index (χ3v) is 5.33. The second-order valence-electron chi connectivity index (χ2n) is 6.98. The number of carboxylic acids is 1. The van der Waals surface area contributed by atoms with Crippen LogP contribution in [0.15, 0.2) is 24.3 Å². The van der Waals surface area contributed by atoms with E-state index in [1.54, 1.807) is 31.2 Å². The molecule has 0 aromatic heterocycles. The average molecular weight is 384 g/mol. The molecule has 0 aliphatic carbocycles. The smallest absolute Gasteiger partial charge is 0.311 e. The van der Waals surface area contributed by atoms with E-state index in [1.807, 2.05) is 13.8 Å². The monoisotopic (exact) mass is 384 g/mol. The maximum Gasteiger partial charge on any atom is 0.311 e. The summed E-state index contributed by atoms with van der Waals surface area (Å²) in [7, 11) is -3.89. The Morgan fingerprint density at radius 2 is 1.92 bits per heavy atom. The number of ether oxygens (including phenoxy) is 1. The maximum atomic E-state index is 12.2. The highest BCUT2D eigenvalue weighted by Gasteiger charge is 2.42. The first-order valence-electron chi connectivity index (χ1n) is 8.29. The number of hydrogen-bond acceptors (Lipinski definition) is 5. The Morgan fingerprint density at radius 3 is 2.42 bits per heavy atom. The zero-order valence-electron chi connectivity index (χ0n) is 15.1. The second-order valence-corrected chi connectivity index (χ2v) is 8.71. The van der Waals surface area contributed by atoms with E-state index in [0.29, 0.717) is 17.9 Å². The lowest BCUT2D eigenvalue weighted by atomic mass is 9.90. The molecule has 1 amide bonds. The van der Waals surface area contributed by atoms with Gasteiger partial charge in [0.15, 0.2) is 0 Å². The number of sulfonamides is 1. The fraction of sp³-hybridized carbons (Fsp3) is 0.529. The molecule has 144 valence electrons. The molecule has 0 saturated carbocycles. The van der Waals surface area contributed by atoms with Gasteiger partial charge in [0.1, 0.15) is 11.5 Å². The molecule has 26 heavy (non-hydrogen) atoms. The van der Waals surface area contributed by atoms with E-state index < -0.39 is 33.1 Å². The van der Waals surface area contributed by atoms with Gasteiger partial charge in [-0.3, -0.25) is 14.3 Å². The number of carbonyl (C=O) groups is 2. The summed E-state index contributed by atoms with van der Waals surface area (Å²) in [5, 5.41) is 9.20. The first-order chi connectivity index (χ1) is 12.0. The highest BCUT2D eigenvalue weighted by atomic mass is 32.2. The summed E-state index contributed by atoms with van der Waals surface area (Å²) < 4.78 is 32.3. The molecular formula is C17H24N2O6S. The molecule has 2 rings (SSSR count). The van der Waals surface area contributed by atoms with E-state index in [1.165, 1.54) is 4.90 Å². The summed E-state index contributed by atoms with van der Waals surface area (Å²) in [4.78, 5) is 24.7. The first-order valence-corrected chi connectivity index (χ1v) is 9.94. The molecule has 1 heterocycles. The summed E-state index contributed by atoms with van der Waals surface area (Å²) in [5.41, 5.74) is -0.704. The number of likely N-dealkylation sites (tertiary alicyclic amines) is 1. The van der Waals surface area contributed by atoms with Crippen LogP contribution in [0.5, 0.6) is 5.75 Å². The van der Waals surface area contributed by atoms with Crippen LogP contribution < -0.4 is 9.46 Å². The molecule has 1 saturated heterocycles. The van der Waals surface area contributed by atoms with Crippen molar-refractivity contribution in [2.24, 2.45) is 5.41 Å². The van der Waals surface area contributed by atoms with Crippen molar-refractivity contribution < 1.29 is 27.9 Å². The minimum atomic E-state index is -3.89. The second kappa shape index (κ2) is 7.53. The van der Waals surface area contributed by atoms with Crippen LogP contribution in [-0.2, 0) is 19.6 Å². The zero-order chi connectivity index (χ0) is 19.5. The Morgan fingerprint density at radius 1 is 1.31 bits per heavy atom. The first kappa shape index (κ1) is 20.0. The third kappa shape index (κ3) is 5.10. The molecule has 1 aromatic carbocycles. The predicted octanol–water partition coefficient (Wildman–Crippen LogP) is 1.54. The number of amides is 1. The van der Waals surface area contributed by atoms with E-state index >= 15 is 0 Å². The van der Waals surface area contributed by atoms with Crippen LogP contribution in [0.2, 0.25) is 0 Å². The van der Waals surface area contributed by atoms with Crippen LogP contribution in [-0.4, -0.2) is 55.2 Å². The van der Waals surface area contributed by atoms with Crippen LogP contribution >= 0.6 is 0 Å².